The number of methoxy groups -OCH3 is 1. The average Bonchev–Trinajstić information content (AvgIpc) is 3.08. The van der Waals surface area contributed by atoms with Gasteiger partial charge in [0.1, 0.15) is 5.15 Å². The molecule has 2 aromatic carbocycles. The molecule has 1 aliphatic rings. The fourth-order valence-electron chi connectivity index (χ4n) is 3.04. The third-order valence-electron chi connectivity index (χ3n) is 4.49. The Morgan fingerprint density at radius 2 is 2.00 bits per heavy atom. The predicted molar refractivity (Wildman–Crippen MR) is 112 cm³/mol. The second-order valence-electron chi connectivity index (χ2n) is 6.54. The lowest BCUT2D eigenvalue weighted by molar-refractivity contribution is -0.385. The van der Waals surface area contributed by atoms with E-state index in [4.69, 9.17) is 21.1 Å². The number of aryl methyl sites for hydroxylation is 1. The van der Waals surface area contributed by atoms with Gasteiger partial charge in [0.05, 0.1) is 17.5 Å². The SMILES string of the molecule is COc1ccc(C2=N/C(=C/c3cc4cc(C)ccc4nc3Cl)C(=O)O2)cc1[N+](=O)[O-]. The molecule has 0 radical (unpaired) electrons. The lowest BCUT2D eigenvalue weighted by Gasteiger charge is -2.03. The van der Waals surface area contributed by atoms with Crippen molar-refractivity contribution in [3.05, 3.63) is 80.1 Å². The highest BCUT2D eigenvalue weighted by Gasteiger charge is 2.27. The molecule has 8 nitrogen and oxygen atoms in total. The van der Waals surface area contributed by atoms with E-state index in [1.54, 1.807) is 0 Å². The molecule has 0 N–H and O–H groups in total. The Kier molecular flexibility index (Phi) is 4.93. The van der Waals surface area contributed by atoms with Crippen molar-refractivity contribution in [2.75, 3.05) is 7.11 Å². The van der Waals surface area contributed by atoms with Crippen LogP contribution in [0.25, 0.3) is 17.0 Å². The highest BCUT2D eigenvalue weighted by atomic mass is 35.5. The number of carbonyl (C=O) groups is 1. The van der Waals surface area contributed by atoms with Crippen LogP contribution in [0.3, 0.4) is 0 Å². The second kappa shape index (κ2) is 7.57. The van der Waals surface area contributed by atoms with Gasteiger partial charge in [-0.15, -0.1) is 0 Å². The fraction of sp³-hybridized carbons (Fsp3) is 0.0952. The van der Waals surface area contributed by atoms with Gasteiger partial charge in [-0.3, -0.25) is 10.1 Å². The Morgan fingerprint density at radius 3 is 2.73 bits per heavy atom. The molecule has 0 aliphatic carbocycles. The molecular formula is C21H14ClN3O5. The standard InChI is InChI=1S/C21H14ClN3O5/c1-11-3-5-15-13(7-11)8-14(19(22)23-15)9-16-21(26)30-20(24-16)12-4-6-18(29-2)17(10-12)25(27)28/h3-10H,1-2H3/b16-9+. The highest BCUT2D eigenvalue weighted by Crippen LogP contribution is 2.30. The summed E-state index contributed by atoms with van der Waals surface area (Å²) in [7, 11) is 1.33. The van der Waals surface area contributed by atoms with Crippen molar-refractivity contribution in [2.45, 2.75) is 6.92 Å². The number of pyridine rings is 1. The van der Waals surface area contributed by atoms with Crippen molar-refractivity contribution in [3.8, 4) is 5.75 Å². The number of esters is 1. The fourth-order valence-corrected chi connectivity index (χ4v) is 3.24. The maximum Gasteiger partial charge on any atom is 0.363 e. The van der Waals surface area contributed by atoms with Crippen molar-refractivity contribution in [2.24, 2.45) is 4.99 Å². The molecule has 4 rings (SSSR count). The number of hydrogen-bond donors (Lipinski definition) is 0. The molecule has 9 heteroatoms. The number of carbonyl (C=O) groups excluding carboxylic acids is 1. The number of aliphatic imine (C=N–C) groups is 1. The average molecular weight is 424 g/mol. The first-order chi connectivity index (χ1) is 14.4. The van der Waals surface area contributed by atoms with Crippen LogP contribution in [0.15, 0.2) is 53.2 Å². The van der Waals surface area contributed by atoms with E-state index >= 15 is 0 Å². The van der Waals surface area contributed by atoms with Crippen LogP contribution in [-0.2, 0) is 9.53 Å². The Hall–Kier alpha value is -3.78. The number of hydrogen-bond acceptors (Lipinski definition) is 7. The zero-order valence-corrected chi connectivity index (χ0v) is 16.6. The van der Waals surface area contributed by atoms with E-state index < -0.39 is 10.9 Å². The van der Waals surface area contributed by atoms with Gasteiger partial charge in [0.2, 0.25) is 5.90 Å². The van der Waals surface area contributed by atoms with Crippen molar-refractivity contribution in [1.29, 1.82) is 0 Å². The summed E-state index contributed by atoms with van der Waals surface area (Å²) in [5.41, 5.74) is 2.33. The number of benzene rings is 2. The molecule has 0 saturated carbocycles. The van der Waals surface area contributed by atoms with Gasteiger partial charge in [0, 0.05) is 22.6 Å². The summed E-state index contributed by atoms with van der Waals surface area (Å²) < 4.78 is 10.2. The van der Waals surface area contributed by atoms with Crippen LogP contribution in [0.2, 0.25) is 5.15 Å². The van der Waals surface area contributed by atoms with Gasteiger partial charge in [-0.2, -0.15) is 0 Å². The Morgan fingerprint density at radius 1 is 1.20 bits per heavy atom. The van der Waals surface area contributed by atoms with E-state index in [1.807, 2.05) is 31.2 Å². The minimum atomic E-state index is -0.691. The molecule has 0 atom stereocenters. The quantitative estimate of drug-likeness (QED) is 0.202. The number of rotatable bonds is 4. The molecule has 2 heterocycles. The van der Waals surface area contributed by atoms with Gasteiger partial charge in [0.25, 0.3) is 0 Å². The van der Waals surface area contributed by atoms with E-state index in [2.05, 4.69) is 9.98 Å². The number of ether oxygens (including phenoxy) is 2. The molecule has 0 fully saturated rings. The number of nitro groups is 1. The minimum Gasteiger partial charge on any atom is -0.490 e. The molecule has 0 spiro atoms. The molecule has 0 saturated heterocycles. The number of nitrogens with zero attached hydrogens (tertiary/aromatic N) is 3. The lowest BCUT2D eigenvalue weighted by atomic mass is 10.1. The number of fused-ring (bicyclic) bond motifs is 1. The van der Waals surface area contributed by atoms with Crippen LogP contribution in [-0.4, -0.2) is 28.9 Å². The van der Waals surface area contributed by atoms with E-state index in [9.17, 15) is 14.9 Å². The van der Waals surface area contributed by atoms with Gasteiger partial charge < -0.3 is 9.47 Å². The molecule has 1 aliphatic heterocycles. The first kappa shape index (κ1) is 19.5. The van der Waals surface area contributed by atoms with Gasteiger partial charge in [-0.05, 0) is 43.3 Å². The van der Waals surface area contributed by atoms with Gasteiger partial charge in [0.15, 0.2) is 11.4 Å². The zero-order valence-electron chi connectivity index (χ0n) is 15.9. The number of aromatic nitrogens is 1. The smallest absolute Gasteiger partial charge is 0.363 e. The minimum absolute atomic E-state index is 0.0131. The number of cyclic esters (lactones) is 1. The summed E-state index contributed by atoms with van der Waals surface area (Å²) in [6.07, 6.45) is 1.48. The number of halogens is 1. The monoisotopic (exact) mass is 423 g/mol. The van der Waals surface area contributed by atoms with Crippen molar-refractivity contribution in [1.82, 2.24) is 4.98 Å². The van der Waals surface area contributed by atoms with Crippen LogP contribution >= 0.6 is 11.6 Å². The van der Waals surface area contributed by atoms with E-state index in [1.165, 1.54) is 31.4 Å². The van der Waals surface area contributed by atoms with Crippen molar-refractivity contribution in [3.63, 3.8) is 0 Å². The van der Waals surface area contributed by atoms with Crippen molar-refractivity contribution >= 4 is 46.1 Å². The Bertz CT molecular complexity index is 1280. The molecule has 0 bridgehead atoms. The van der Waals surface area contributed by atoms with E-state index in [-0.39, 0.29) is 33.7 Å². The van der Waals surface area contributed by atoms with Gasteiger partial charge in [-0.25, -0.2) is 14.8 Å². The van der Waals surface area contributed by atoms with Crippen LogP contribution < -0.4 is 4.74 Å². The number of nitro benzene ring substituents is 1. The van der Waals surface area contributed by atoms with Crippen molar-refractivity contribution < 1.29 is 19.2 Å². The predicted octanol–water partition coefficient (Wildman–Crippen LogP) is 4.46. The van der Waals surface area contributed by atoms with Crippen LogP contribution in [0.4, 0.5) is 5.69 Å². The summed E-state index contributed by atoms with van der Waals surface area (Å²) in [4.78, 5) is 31.5. The Balaban J connectivity index is 1.75. The molecule has 0 unspecified atom stereocenters. The van der Waals surface area contributed by atoms with Gasteiger partial charge in [-0.1, -0.05) is 23.2 Å². The summed E-state index contributed by atoms with van der Waals surface area (Å²) in [5, 5.41) is 12.3. The topological polar surface area (TPSA) is 104 Å². The molecule has 0 amide bonds. The highest BCUT2D eigenvalue weighted by molar-refractivity contribution is 6.31. The summed E-state index contributed by atoms with van der Waals surface area (Å²) >= 11 is 6.27. The van der Waals surface area contributed by atoms with Crippen LogP contribution in [0.5, 0.6) is 5.75 Å². The largest absolute Gasteiger partial charge is 0.490 e. The van der Waals surface area contributed by atoms with Crippen LogP contribution in [0.1, 0.15) is 16.7 Å². The summed E-state index contributed by atoms with van der Waals surface area (Å²) in [6.45, 7) is 1.96. The lowest BCUT2D eigenvalue weighted by Crippen LogP contribution is -2.06. The molecule has 3 aromatic rings. The van der Waals surface area contributed by atoms with Gasteiger partial charge >= 0.3 is 11.7 Å². The Labute approximate surface area is 175 Å². The maximum atomic E-state index is 12.3. The maximum absolute atomic E-state index is 12.3. The van der Waals surface area contributed by atoms with E-state index in [0.717, 1.165) is 16.5 Å². The zero-order chi connectivity index (χ0) is 21.4. The molecule has 150 valence electrons. The third-order valence-corrected chi connectivity index (χ3v) is 4.79. The summed E-state index contributed by atoms with van der Waals surface area (Å²) in [6, 6.07) is 11.7. The molecule has 1 aromatic heterocycles. The third kappa shape index (κ3) is 3.60. The molecule has 30 heavy (non-hydrogen) atoms. The van der Waals surface area contributed by atoms with E-state index in [0.29, 0.717) is 5.56 Å². The second-order valence-corrected chi connectivity index (χ2v) is 6.90. The molecular weight excluding hydrogens is 410 g/mol. The first-order valence-corrected chi connectivity index (χ1v) is 9.16. The van der Waals surface area contributed by atoms with Crippen LogP contribution in [0, 0.1) is 17.0 Å². The summed E-state index contributed by atoms with van der Waals surface area (Å²) in [5.74, 6) is -0.643. The normalized spacial score (nSPS) is 14.7. The first-order valence-electron chi connectivity index (χ1n) is 8.78.